The van der Waals surface area contributed by atoms with E-state index in [1.807, 2.05) is 13.1 Å². The van der Waals surface area contributed by atoms with Crippen LogP contribution < -0.4 is 10.6 Å². The molecule has 6 nitrogen and oxygen atoms in total. The van der Waals surface area contributed by atoms with E-state index >= 15 is 0 Å². The number of rotatable bonds is 5. The van der Waals surface area contributed by atoms with Crippen molar-refractivity contribution in [1.29, 1.82) is 0 Å². The quantitative estimate of drug-likeness (QED) is 0.865. The van der Waals surface area contributed by atoms with Gasteiger partial charge in [0.1, 0.15) is 0 Å². The first-order valence-electron chi connectivity index (χ1n) is 7.50. The van der Waals surface area contributed by atoms with Crippen LogP contribution in [0.15, 0.2) is 12.4 Å². The highest BCUT2D eigenvalue weighted by atomic mass is 16.2. The molecule has 0 unspecified atom stereocenters. The summed E-state index contributed by atoms with van der Waals surface area (Å²) in [4.78, 5) is 14.2. The molecule has 0 aliphatic carbocycles. The first-order chi connectivity index (χ1) is 9.69. The minimum Gasteiger partial charge on any atom is -0.337 e. The third-order valence-electron chi connectivity index (χ3n) is 3.84. The van der Waals surface area contributed by atoms with E-state index in [-0.39, 0.29) is 6.03 Å². The number of carbonyl (C=O) groups is 1. The molecule has 1 aromatic rings. The number of hydrogen-bond donors (Lipinski definition) is 2. The molecule has 6 heteroatoms. The van der Waals surface area contributed by atoms with Gasteiger partial charge in [0, 0.05) is 31.9 Å². The van der Waals surface area contributed by atoms with Gasteiger partial charge in [-0.3, -0.25) is 9.58 Å². The normalized spacial score (nSPS) is 19.8. The Balaban J connectivity index is 1.67. The Labute approximate surface area is 120 Å². The van der Waals surface area contributed by atoms with Crippen LogP contribution in [0.4, 0.5) is 10.5 Å². The average molecular weight is 279 g/mol. The van der Waals surface area contributed by atoms with Crippen LogP contribution in [-0.4, -0.2) is 46.4 Å². The minimum absolute atomic E-state index is 0.162. The van der Waals surface area contributed by atoms with Gasteiger partial charge in [-0.1, -0.05) is 6.42 Å². The van der Waals surface area contributed by atoms with Gasteiger partial charge < -0.3 is 10.6 Å². The molecule has 20 heavy (non-hydrogen) atoms. The smallest absolute Gasteiger partial charge is 0.319 e. The van der Waals surface area contributed by atoms with Crippen molar-refractivity contribution < 1.29 is 4.79 Å². The number of aromatic nitrogens is 2. The number of aryl methyl sites for hydroxylation is 1. The van der Waals surface area contributed by atoms with Gasteiger partial charge in [-0.2, -0.15) is 5.10 Å². The molecule has 2 N–H and O–H groups in total. The molecule has 112 valence electrons. The van der Waals surface area contributed by atoms with Gasteiger partial charge in [-0.05, 0) is 33.2 Å². The summed E-state index contributed by atoms with van der Waals surface area (Å²) in [5.41, 5.74) is 0.732. The van der Waals surface area contributed by atoms with Crippen LogP contribution in [0.3, 0.4) is 0 Å². The molecular weight excluding hydrogens is 254 g/mol. The summed E-state index contributed by atoms with van der Waals surface area (Å²) in [6.45, 7) is 7.82. The van der Waals surface area contributed by atoms with Crippen LogP contribution in [0.2, 0.25) is 0 Å². The lowest BCUT2D eigenvalue weighted by Gasteiger charge is -2.33. The molecule has 0 bridgehead atoms. The molecule has 2 amide bonds. The number of amides is 2. The summed E-state index contributed by atoms with van der Waals surface area (Å²) in [5.74, 6) is 0. The highest BCUT2D eigenvalue weighted by molar-refractivity contribution is 5.88. The van der Waals surface area contributed by atoms with E-state index in [4.69, 9.17) is 0 Å². The standard InChI is InChI=1S/C14H25N5O/c1-3-19-11-13(10-16-19)17-14(20)15-7-9-18-8-5-4-6-12(18)2/h10-12H,3-9H2,1-2H3,(H2,15,17,20)/t12-/m1/s1. The van der Waals surface area contributed by atoms with E-state index in [1.165, 1.54) is 19.3 Å². The van der Waals surface area contributed by atoms with E-state index in [0.717, 1.165) is 25.3 Å². The number of nitrogens with one attached hydrogen (secondary N) is 2. The van der Waals surface area contributed by atoms with Crippen molar-refractivity contribution in [2.45, 2.75) is 45.7 Å². The Morgan fingerprint density at radius 2 is 2.35 bits per heavy atom. The van der Waals surface area contributed by atoms with Gasteiger partial charge >= 0.3 is 6.03 Å². The zero-order valence-corrected chi connectivity index (χ0v) is 12.4. The molecule has 0 spiro atoms. The van der Waals surface area contributed by atoms with Gasteiger partial charge in [0.15, 0.2) is 0 Å². The number of hydrogen-bond acceptors (Lipinski definition) is 3. The van der Waals surface area contributed by atoms with E-state index < -0.39 is 0 Å². The Morgan fingerprint density at radius 3 is 3.05 bits per heavy atom. The van der Waals surface area contributed by atoms with Gasteiger partial charge in [0.2, 0.25) is 0 Å². The zero-order valence-electron chi connectivity index (χ0n) is 12.4. The van der Waals surface area contributed by atoms with Crippen molar-refractivity contribution in [3.8, 4) is 0 Å². The summed E-state index contributed by atoms with van der Waals surface area (Å²) < 4.78 is 1.78. The lowest BCUT2D eigenvalue weighted by atomic mass is 10.0. The number of carbonyl (C=O) groups excluding carboxylic acids is 1. The maximum absolute atomic E-state index is 11.8. The molecule has 2 heterocycles. The SMILES string of the molecule is CCn1cc(NC(=O)NCCN2CCCC[C@H]2C)cn1. The fraction of sp³-hybridized carbons (Fsp3) is 0.714. The lowest BCUT2D eigenvalue weighted by Crippen LogP contribution is -2.43. The number of piperidine rings is 1. The molecule has 0 saturated carbocycles. The van der Waals surface area contributed by atoms with Crippen molar-refractivity contribution in [2.24, 2.45) is 0 Å². The third-order valence-corrected chi connectivity index (χ3v) is 3.84. The number of urea groups is 1. The van der Waals surface area contributed by atoms with Gasteiger partial charge in [0.25, 0.3) is 0 Å². The van der Waals surface area contributed by atoms with Crippen LogP contribution in [0, 0.1) is 0 Å². The number of nitrogens with zero attached hydrogens (tertiary/aromatic N) is 3. The Bertz CT molecular complexity index is 431. The van der Waals surface area contributed by atoms with Crippen molar-refractivity contribution in [2.75, 3.05) is 25.0 Å². The van der Waals surface area contributed by atoms with Crippen molar-refractivity contribution in [3.05, 3.63) is 12.4 Å². The Morgan fingerprint density at radius 1 is 1.50 bits per heavy atom. The number of likely N-dealkylation sites (tertiary alicyclic amines) is 1. The first-order valence-corrected chi connectivity index (χ1v) is 7.50. The molecule has 0 aromatic carbocycles. The van der Waals surface area contributed by atoms with Gasteiger partial charge in [-0.25, -0.2) is 4.79 Å². The van der Waals surface area contributed by atoms with E-state index in [1.54, 1.807) is 10.9 Å². The van der Waals surface area contributed by atoms with Crippen molar-refractivity contribution >= 4 is 11.7 Å². The van der Waals surface area contributed by atoms with E-state index in [0.29, 0.717) is 12.6 Å². The van der Waals surface area contributed by atoms with Gasteiger partial charge in [0.05, 0.1) is 11.9 Å². The topological polar surface area (TPSA) is 62.2 Å². The second kappa shape index (κ2) is 7.28. The molecular formula is C14H25N5O. The van der Waals surface area contributed by atoms with Crippen LogP contribution in [0.1, 0.15) is 33.1 Å². The Kier molecular flexibility index (Phi) is 5.40. The summed E-state index contributed by atoms with van der Waals surface area (Å²) in [6.07, 6.45) is 7.35. The monoisotopic (exact) mass is 279 g/mol. The average Bonchev–Trinajstić information content (AvgIpc) is 2.88. The Hall–Kier alpha value is -1.56. The third kappa shape index (κ3) is 4.23. The molecule has 1 aliphatic heterocycles. The number of anilines is 1. The second-order valence-electron chi connectivity index (χ2n) is 5.35. The molecule has 0 radical (unpaired) electrons. The maximum atomic E-state index is 11.8. The summed E-state index contributed by atoms with van der Waals surface area (Å²) in [6, 6.07) is 0.474. The summed E-state index contributed by atoms with van der Waals surface area (Å²) in [5, 5.41) is 9.81. The van der Waals surface area contributed by atoms with Crippen LogP contribution in [0.5, 0.6) is 0 Å². The molecule has 1 fully saturated rings. The molecule has 1 aliphatic rings. The molecule has 2 rings (SSSR count). The summed E-state index contributed by atoms with van der Waals surface area (Å²) in [7, 11) is 0. The van der Waals surface area contributed by atoms with Crippen molar-refractivity contribution in [3.63, 3.8) is 0 Å². The zero-order chi connectivity index (χ0) is 14.4. The first kappa shape index (κ1) is 14.8. The maximum Gasteiger partial charge on any atom is 0.319 e. The van der Waals surface area contributed by atoms with Crippen molar-refractivity contribution in [1.82, 2.24) is 20.0 Å². The molecule has 1 atom stereocenters. The summed E-state index contributed by atoms with van der Waals surface area (Å²) >= 11 is 0. The van der Waals surface area contributed by atoms with Crippen LogP contribution >= 0.6 is 0 Å². The minimum atomic E-state index is -0.162. The van der Waals surface area contributed by atoms with Gasteiger partial charge in [-0.15, -0.1) is 0 Å². The predicted molar refractivity (Wildman–Crippen MR) is 79.8 cm³/mol. The second-order valence-corrected chi connectivity index (χ2v) is 5.35. The van der Waals surface area contributed by atoms with Crippen LogP contribution in [-0.2, 0) is 6.54 Å². The predicted octanol–water partition coefficient (Wildman–Crippen LogP) is 1.90. The van der Waals surface area contributed by atoms with Crippen LogP contribution in [0.25, 0.3) is 0 Å². The van der Waals surface area contributed by atoms with E-state index in [9.17, 15) is 4.79 Å². The fourth-order valence-corrected chi connectivity index (χ4v) is 2.58. The lowest BCUT2D eigenvalue weighted by molar-refractivity contribution is 0.162. The molecule has 1 aromatic heterocycles. The highest BCUT2D eigenvalue weighted by Crippen LogP contribution is 2.15. The largest absolute Gasteiger partial charge is 0.337 e. The fourth-order valence-electron chi connectivity index (χ4n) is 2.58. The van der Waals surface area contributed by atoms with E-state index in [2.05, 4.69) is 27.6 Å². The highest BCUT2D eigenvalue weighted by Gasteiger charge is 2.17. The molecule has 1 saturated heterocycles.